The molecule has 174 valence electrons. The number of aromatic hydroxyl groups is 2. The molecule has 0 unspecified atom stereocenters. The molecule has 3 aromatic carbocycles. The van der Waals surface area contributed by atoms with Crippen molar-refractivity contribution in [2.24, 2.45) is 0 Å². The Hall–Kier alpha value is -3.91. The first-order chi connectivity index (χ1) is 16.1. The highest BCUT2D eigenvalue weighted by Crippen LogP contribution is 2.45. The topological polar surface area (TPSA) is 71.7 Å². The number of carbonyl (C=O) groups excluding carboxylic acids is 1. The van der Waals surface area contributed by atoms with E-state index >= 15 is 0 Å². The van der Waals surface area contributed by atoms with Crippen LogP contribution in [-0.4, -0.2) is 27.7 Å². The number of hydrogen-bond donors (Lipinski definition) is 2. The van der Waals surface area contributed by atoms with Gasteiger partial charge < -0.3 is 14.9 Å². The van der Waals surface area contributed by atoms with Crippen LogP contribution in [0.2, 0.25) is 5.02 Å². The molecular formula is C25H17ClF3NO4. The van der Waals surface area contributed by atoms with Gasteiger partial charge in [0.15, 0.2) is 11.5 Å². The van der Waals surface area contributed by atoms with Crippen molar-refractivity contribution in [2.45, 2.75) is 6.18 Å². The maximum atomic E-state index is 13.4. The molecule has 0 fully saturated rings. The fraction of sp³-hybridized carbons (Fsp3) is 0.0800. The summed E-state index contributed by atoms with van der Waals surface area (Å²) >= 11 is 5.98. The molecule has 0 radical (unpaired) electrons. The van der Waals surface area contributed by atoms with E-state index in [2.05, 4.69) is 0 Å². The Bertz CT molecular complexity index is 1360. The molecule has 9 heteroatoms. The molecule has 2 N–H and O–H groups in total. The molecule has 34 heavy (non-hydrogen) atoms. The van der Waals surface area contributed by atoms with Crippen molar-refractivity contribution in [3.8, 4) is 34.3 Å². The van der Waals surface area contributed by atoms with Gasteiger partial charge in [-0.1, -0.05) is 29.8 Å². The number of alkyl halides is 3. The standard InChI is InChI=1S/C25H17ClF3NO4/c1-34-19-11-7-15(8-12-19)22(31)20-21(14-5-9-17(26)10-6-14)30(24(33)23(20)32)18-4-2-3-16(13-18)25(27,28)29/h2-13,32-33H,1H3. The Morgan fingerprint density at radius 3 is 2.21 bits per heavy atom. The van der Waals surface area contributed by atoms with E-state index in [9.17, 15) is 28.2 Å². The summed E-state index contributed by atoms with van der Waals surface area (Å²) < 4.78 is 46.1. The van der Waals surface area contributed by atoms with Crippen LogP contribution in [0.4, 0.5) is 13.2 Å². The lowest BCUT2D eigenvalue weighted by Gasteiger charge is -2.14. The van der Waals surface area contributed by atoms with Crippen molar-refractivity contribution in [1.29, 1.82) is 0 Å². The third kappa shape index (κ3) is 4.20. The largest absolute Gasteiger partial charge is 0.503 e. The molecule has 4 aromatic rings. The Morgan fingerprint density at radius 1 is 0.971 bits per heavy atom. The van der Waals surface area contributed by atoms with Gasteiger partial charge in [-0.25, -0.2) is 0 Å². The Balaban J connectivity index is 1.99. The number of hydrogen-bond acceptors (Lipinski definition) is 4. The molecule has 0 saturated heterocycles. The van der Waals surface area contributed by atoms with E-state index in [1.807, 2.05) is 0 Å². The molecule has 0 aliphatic heterocycles. The number of aromatic nitrogens is 1. The molecule has 1 aromatic heterocycles. The van der Waals surface area contributed by atoms with E-state index in [-0.39, 0.29) is 22.5 Å². The molecule has 1 heterocycles. The van der Waals surface area contributed by atoms with E-state index in [4.69, 9.17) is 16.3 Å². The Labute approximate surface area is 197 Å². The maximum Gasteiger partial charge on any atom is 0.416 e. The average Bonchev–Trinajstić information content (AvgIpc) is 3.09. The highest BCUT2D eigenvalue weighted by atomic mass is 35.5. The fourth-order valence-electron chi connectivity index (χ4n) is 3.60. The summed E-state index contributed by atoms with van der Waals surface area (Å²) in [6, 6.07) is 16.4. The number of ether oxygens (including phenoxy) is 1. The molecule has 0 spiro atoms. The van der Waals surface area contributed by atoms with Crippen LogP contribution in [0.1, 0.15) is 21.5 Å². The van der Waals surface area contributed by atoms with Crippen molar-refractivity contribution in [2.75, 3.05) is 7.11 Å². The van der Waals surface area contributed by atoms with Gasteiger partial charge in [0, 0.05) is 16.3 Å². The number of halogens is 4. The number of rotatable bonds is 5. The third-order valence-corrected chi connectivity index (χ3v) is 5.50. The second-order valence-corrected chi connectivity index (χ2v) is 7.78. The smallest absolute Gasteiger partial charge is 0.416 e. The number of carbonyl (C=O) groups is 1. The van der Waals surface area contributed by atoms with Gasteiger partial charge >= 0.3 is 6.18 Å². The lowest BCUT2D eigenvalue weighted by Crippen LogP contribution is -2.07. The summed E-state index contributed by atoms with van der Waals surface area (Å²) in [6.45, 7) is 0. The SMILES string of the molecule is COc1ccc(C(=O)c2c(O)c(O)n(-c3cccc(C(F)(F)F)c3)c2-c2ccc(Cl)cc2)cc1. The van der Waals surface area contributed by atoms with Crippen LogP contribution in [0.25, 0.3) is 16.9 Å². The van der Waals surface area contributed by atoms with E-state index in [0.29, 0.717) is 16.3 Å². The molecule has 0 amide bonds. The summed E-state index contributed by atoms with van der Waals surface area (Å²) in [5.41, 5.74) is -0.806. The zero-order chi connectivity index (χ0) is 24.6. The summed E-state index contributed by atoms with van der Waals surface area (Å²) in [5.74, 6) is -1.68. The fourth-order valence-corrected chi connectivity index (χ4v) is 3.73. The first kappa shape index (κ1) is 23.3. The third-order valence-electron chi connectivity index (χ3n) is 5.25. The monoisotopic (exact) mass is 487 g/mol. The molecule has 0 aliphatic rings. The van der Waals surface area contributed by atoms with Crippen LogP contribution in [0, 0.1) is 0 Å². The number of nitrogens with zero attached hydrogens (tertiary/aromatic N) is 1. The second-order valence-electron chi connectivity index (χ2n) is 7.34. The van der Waals surface area contributed by atoms with E-state index in [1.54, 1.807) is 12.1 Å². The van der Waals surface area contributed by atoms with Crippen LogP contribution in [-0.2, 0) is 6.18 Å². The van der Waals surface area contributed by atoms with Crippen LogP contribution in [0.5, 0.6) is 17.4 Å². The zero-order valence-corrected chi connectivity index (χ0v) is 18.4. The minimum atomic E-state index is -4.64. The van der Waals surface area contributed by atoms with Gasteiger partial charge in [0.2, 0.25) is 5.88 Å². The minimum absolute atomic E-state index is 0.00630. The predicted molar refractivity (Wildman–Crippen MR) is 121 cm³/mol. The molecule has 4 rings (SSSR count). The molecule has 0 aliphatic carbocycles. The molecule has 0 atom stereocenters. The zero-order valence-electron chi connectivity index (χ0n) is 17.6. The average molecular weight is 488 g/mol. The maximum absolute atomic E-state index is 13.4. The second kappa shape index (κ2) is 8.79. The number of benzene rings is 3. The van der Waals surface area contributed by atoms with Crippen molar-refractivity contribution < 1.29 is 32.9 Å². The van der Waals surface area contributed by atoms with Crippen molar-refractivity contribution in [3.63, 3.8) is 0 Å². The quantitative estimate of drug-likeness (QED) is 0.317. The van der Waals surface area contributed by atoms with Gasteiger partial charge in [-0.2, -0.15) is 13.2 Å². The van der Waals surface area contributed by atoms with Gasteiger partial charge in [0.1, 0.15) is 5.75 Å². The lowest BCUT2D eigenvalue weighted by molar-refractivity contribution is -0.137. The van der Waals surface area contributed by atoms with Gasteiger partial charge in [0.05, 0.1) is 23.9 Å². The molecular weight excluding hydrogens is 471 g/mol. The van der Waals surface area contributed by atoms with Crippen LogP contribution < -0.4 is 4.74 Å². The van der Waals surface area contributed by atoms with Crippen LogP contribution >= 0.6 is 11.6 Å². The van der Waals surface area contributed by atoms with Gasteiger partial charge in [-0.15, -0.1) is 0 Å². The van der Waals surface area contributed by atoms with Crippen molar-refractivity contribution in [1.82, 2.24) is 4.57 Å². The van der Waals surface area contributed by atoms with E-state index in [0.717, 1.165) is 16.7 Å². The van der Waals surface area contributed by atoms with Gasteiger partial charge in [-0.05, 0) is 60.2 Å². The van der Waals surface area contributed by atoms with Crippen LogP contribution in [0.3, 0.4) is 0 Å². The summed E-state index contributed by atoms with van der Waals surface area (Å²) in [4.78, 5) is 13.4. The van der Waals surface area contributed by atoms with Gasteiger partial charge in [-0.3, -0.25) is 9.36 Å². The number of methoxy groups -OCH3 is 1. The Morgan fingerprint density at radius 2 is 1.62 bits per heavy atom. The van der Waals surface area contributed by atoms with Crippen molar-refractivity contribution >= 4 is 17.4 Å². The first-order valence-corrected chi connectivity index (χ1v) is 10.3. The summed E-state index contributed by atoms with van der Waals surface area (Å²) in [5, 5.41) is 21.9. The summed E-state index contributed by atoms with van der Waals surface area (Å²) in [6.07, 6.45) is -4.64. The molecule has 0 bridgehead atoms. The highest BCUT2D eigenvalue weighted by Gasteiger charge is 2.33. The number of ketones is 1. The highest BCUT2D eigenvalue weighted by molar-refractivity contribution is 6.30. The predicted octanol–water partition coefficient (Wildman–Crippen LogP) is 6.47. The Kier molecular flexibility index (Phi) is 6.01. The lowest BCUT2D eigenvalue weighted by atomic mass is 9.99. The molecule has 5 nitrogen and oxygen atoms in total. The van der Waals surface area contributed by atoms with Crippen molar-refractivity contribution in [3.05, 3.63) is 94.5 Å². The van der Waals surface area contributed by atoms with Crippen LogP contribution in [0.15, 0.2) is 72.8 Å². The normalized spacial score (nSPS) is 11.4. The first-order valence-electron chi connectivity index (χ1n) is 9.90. The van der Waals surface area contributed by atoms with E-state index < -0.39 is 29.2 Å². The molecule has 0 saturated carbocycles. The van der Waals surface area contributed by atoms with Gasteiger partial charge in [0.25, 0.3) is 0 Å². The van der Waals surface area contributed by atoms with E-state index in [1.165, 1.54) is 55.6 Å². The summed E-state index contributed by atoms with van der Waals surface area (Å²) in [7, 11) is 1.47. The minimum Gasteiger partial charge on any atom is -0.503 e.